The minimum atomic E-state index is -0.155. The Morgan fingerprint density at radius 1 is 0.304 bits per heavy atom. The van der Waals surface area contributed by atoms with Gasteiger partial charge in [-0.05, 0) is 219 Å². The average Bonchev–Trinajstić information content (AvgIpc) is 1.58. The van der Waals surface area contributed by atoms with Gasteiger partial charge in [-0.1, -0.05) is 270 Å². The van der Waals surface area contributed by atoms with E-state index in [2.05, 4.69) is 377 Å². The molecule has 0 amide bonds. The third-order valence-electron chi connectivity index (χ3n) is 19.9. The number of rotatable bonds is 13. The van der Waals surface area contributed by atoms with Crippen LogP contribution in [0.5, 0.6) is 0 Å². The number of benzene rings is 13. The third-order valence-corrected chi connectivity index (χ3v) is 19.9. The monoisotopic (exact) mass is 1180 g/mol. The molecule has 0 saturated carbocycles. The van der Waals surface area contributed by atoms with Crippen molar-refractivity contribution in [2.24, 2.45) is 5.92 Å². The lowest BCUT2D eigenvalue weighted by Crippen LogP contribution is -2.25. The van der Waals surface area contributed by atoms with E-state index < -0.39 is 0 Å². The van der Waals surface area contributed by atoms with Crippen molar-refractivity contribution in [1.29, 1.82) is 0 Å². The molecule has 92 heavy (non-hydrogen) atoms. The Balaban J connectivity index is 0.579. The topological polar surface area (TPSA) is 6.48 Å². The highest BCUT2D eigenvalue weighted by Crippen LogP contribution is 2.56. The van der Waals surface area contributed by atoms with Gasteiger partial charge in [0.25, 0.3) is 0 Å². The molecule has 0 aliphatic heterocycles. The van der Waals surface area contributed by atoms with Crippen molar-refractivity contribution in [3.63, 3.8) is 0 Å². The van der Waals surface area contributed by atoms with Gasteiger partial charge in [-0.15, -0.1) is 0 Å². The van der Waals surface area contributed by atoms with Crippen LogP contribution in [0.25, 0.3) is 84.8 Å². The molecule has 0 heterocycles. The predicted octanol–water partition coefficient (Wildman–Crippen LogP) is 24.6. The van der Waals surface area contributed by atoms with Crippen molar-refractivity contribution in [1.82, 2.24) is 0 Å². The quantitative estimate of drug-likeness (QED) is 0.106. The van der Waals surface area contributed by atoms with E-state index in [1.54, 1.807) is 0 Å². The second-order valence-corrected chi connectivity index (χ2v) is 26.2. The van der Waals surface area contributed by atoms with Crippen molar-refractivity contribution in [3.05, 3.63) is 366 Å². The van der Waals surface area contributed by atoms with E-state index in [1.807, 2.05) is 0 Å². The molecule has 440 valence electrons. The molecule has 0 aromatic heterocycles. The lowest BCUT2D eigenvalue weighted by Gasteiger charge is -2.31. The molecule has 0 bridgehead atoms. The number of nitrogens with zero attached hydrogens (tertiary/aromatic N) is 2. The zero-order chi connectivity index (χ0) is 61.9. The van der Waals surface area contributed by atoms with Crippen LogP contribution in [-0.4, -0.2) is 0 Å². The van der Waals surface area contributed by atoms with E-state index >= 15 is 0 Å². The first kappa shape index (κ1) is 56.2. The highest BCUT2D eigenvalue weighted by Gasteiger charge is 2.45. The largest absolute Gasteiger partial charge is 0.310 e. The molecular formula is C90H70N2. The molecule has 0 radical (unpaired) electrons. The summed E-state index contributed by atoms with van der Waals surface area (Å²) in [7, 11) is 0. The van der Waals surface area contributed by atoms with Crippen molar-refractivity contribution >= 4 is 85.5 Å². The standard InChI is InChI=1S/C90H70N2/c1-89(2)85-57-71(65-35-29-61(30-36-65)25-27-63-33-39-69-55-79(47-41-67(69)53-63)91(75-17-9-5-10-18-75)76-19-11-6-12-20-76)43-49-81(85)83-51-45-73(59-87(83)89)74-46-52-84-82-50-44-72(58-86(82)90(3,4)88(84)60-74)66-37-31-62(32-38-66)26-28-64-34-40-70-56-80(48-42-68(70)54-64)92(77-21-13-7-14-22-77)78-23-15-8-16-24-78/h5-60,83,87H,1-4H3/b27-25+,28-26+. The lowest BCUT2D eigenvalue weighted by molar-refractivity contribution is 0.395. The first-order valence-electron chi connectivity index (χ1n) is 32.4. The number of fused-ring (bicyclic) bond motifs is 8. The molecule has 2 unspecified atom stereocenters. The fraction of sp³-hybridized carbons (Fsp3) is 0.0889. The van der Waals surface area contributed by atoms with Gasteiger partial charge in [-0.3, -0.25) is 0 Å². The second-order valence-electron chi connectivity index (χ2n) is 26.2. The van der Waals surface area contributed by atoms with Gasteiger partial charge in [0.15, 0.2) is 0 Å². The number of allylic oxidation sites excluding steroid dienone is 4. The van der Waals surface area contributed by atoms with Gasteiger partial charge in [0.1, 0.15) is 0 Å². The first-order valence-corrected chi connectivity index (χ1v) is 32.4. The summed E-state index contributed by atoms with van der Waals surface area (Å²) in [5.41, 5.74) is 27.3. The molecule has 0 N–H and O–H groups in total. The van der Waals surface area contributed by atoms with Crippen LogP contribution in [0.15, 0.2) is 315 Å². The maximum Gasteiger partial charge on any atom is 0.0468 e. The summed E-state index contributed by atoms with van der Waals surface area (Å²) < 4.78 is 0. The van der Waals surface area contributed by atoms with Crippen LogP contribution in [0.3, 0.4) is 0 Å². The van der Waals surface area contributed by atoms with E-state index in [4.69, 9.17) is 0 Å². The molecule has 0 fully saturated rings. The van der Waals surface area contributed by atoms with Crippen molar-refractivity contribution in [2.75, 3.05) is 9.80 Å². The van der Waals surface area contributed by atoms with E-state index in [0.29, 0.717) is 11.8 Å². The van der Waals surface area contributed by atoms with E-state index in [0.717, 1.165) is 34.1 Å². The van der Waals surface area contributed by atoms with Crippen molar-refractivity contribution < 1.29 is 0 Å². The Labute approximate surface area is 541 Å². The molecule has 0 saturated heterocycles. The van der Waals surface area contributed by atoms with E-state index in [9.17, 15) is 0 Å². The zero-order valence-electron chi connectivity index (χ0n) is 52.4. The Hall–Kier alpha value is -11.1. The SMILES string of the molecule is CC1(C)c2cc(C3=CC4C(C=C3)c3ccc(-c5ccc(/C=C/c6ccc7cc(N(c8ccccc8)c8ccccc8)ccc7c6)cc5)cc3C4(C)C)ccc2-c2ccc(-c3ccc(/C=C/c4ccc5cc(N(c6ccccc6)c6ccccc6)ccc5c4)cc3)cc21. The fourth-order valence-electron chi connectivity index (χ4n) is 14.8. The number of hydrogen-bond acceptors (Lipinski definition) is 2. The lowest BCUT2D eigenvalue weighted by atomic mass is 9.72. The molecule has 13 aromatic carbocycles. The minimum Gasteiger partial charge on any atom is -0.310 e. The highest BCUT2D eigenvalue weighted by atomic mass is 15.1. The van der Waals surface area contributed by atoms with E-state index in [-0.39, 0.29) is 10.8 Å². The van der Waals surface area contributed by atoms with Gasteiger partial charge in [0.05, 0.1) is 0 Å². The molecule has 2 heteroatoms. The molecule has 2 nitrogen and oxygen atoms in total. The first-order chi connectivity index (χ1) is 45.1. The van der Waals surface area contributed by atoms with Crippen LogP contribution >= 0.6 is 0 Å². The van der Waals surface area contributed by atoms with Crippen LogP contribution < -0.4 is 9.80 Å². The fourth-order valence-corrected chi connectivity index (χ4v) is 14.8. The molecule has 3 aliphatic carbocycles. The highest BCUT2D eigenvalue weighted by molar-refractivity contribution is 5.94. The van der Waals surface area contributed by atoms with Crippen LogP contribution in [0, 0.1) is 5.92 Å². The summed E-state index contributed by atoms with van der Waals surface area (Å²) >= 11 is 0. The van der Waals surface area contributed by atoms with Crippen molar-refractivity contribution in [2.45, 2.75) is 44.4 Å². The molecule has 3 aliphatic rings. The number of para-hydroxylation sites is 4. The summed E-state index contributed by atoms with van der Waals surface area (Å²) in [5, 5.41) is 4.86. The molecular weight excluding hydrogens is 1110 g/mol. The third kappa shape index (κ3) is 10.4. The van der Waals surface area contributed by atoms with Crippen LogP contribution in [0.1, 0.15) is 83.7 Å². The Kier molecular flexibility index (Phi) is 14.1. The zero-order valence-corrected chi connectivity index (χ0v) is 52.4. The Morgan fingerprint density at radius 3 is 1.14 bits per heavy atom. The number of anilines is 6. The van der Waals surface area contributed by atoms with Crippen LogP contribution in [0.4, 0.5) is 34.1 Å². The summed E-state index contributed by atoms with van der Waals surface area (Å²) in [6, 6.07) is 109. The molecule has 0 spiro atoms. The molecule has 13 aromatic rings. The maximum atomic E-state index is 2.58. The van der Waals surface area contributed by atoms with Crippen molar-refractivity contribution in [3.8, 4) is 33.4 Å². The maximum absolute atomic E-state index is 2.58. The average molecular weight is 1180 g/mol. The second kappa shape index (κ2) is 23.1. The molecule has 16 rings (SSSR count). The Morgan fingerprint density at radius 2 is 0.674 bits per heavy atom. The van der Waals surface area contributed by atoms with E-state index in [1.165, 1.54) is 111 Å². The van der Waals surface area contributed by atoms with Gasteiger partial charge in [0, 0.05) is 45.5 Å². The van der Waals surface area contributed by atoms with Gasteiger partial charge in [0.2, 0.25) is 0 Å². The summed E-state index contributed by atoms with van der Waals surface area (Å²) in [6.07, 6.45) is 16.4. The summed E-state index contributed by atoms with van der Waals surface area (Å²) in [4.78, 5) is 4.63. The van der Waals surface area contributed by atoms with Gasteiger partial charge < -0.3 is 9.80 Å². The van der Waals surface area contributed by atoms with Crippen LogP contribution in [0.2, 0.25) is 0 Å². The van der Waals surface area contributed by atoms with Gasteiger partial charge >= 0.3 is 0 Å². The summed E-state index contributed by atoms with van der Waals surface area (Å²) in [5.74, 6) is 0.696. The minimum absolute atomic E-state index is 0.0466. The van der Waals surface area contributed by atoms with Gasteiger partial charge in [-0.25, -0.2) is 0 Å². The van der Waals surface area contributed by atoms with Crippen LogP contribution in [-0.2, 0) is 10.8 Å². The number of hydrogen-bond donors (Lipinski definition) is 0. The van der Waals surface area contributed by atoms with Gasteiger partial charge in [-0.2, -0.15) is 0 Å². The molecule has 2 atom stereocenters. The normalized spacial score (nSPS) is 15.7. The Bertz CT molecular complexity index is 4990. The summed E-state index contributed by atoms with van der Waals surface area (Å²) in [6.45, 7) is 9.72. The predicted molar refractivity (Wildman–Crippen MR) is 393 cm³/mol. The smallest absolute Gasteiger partial charge is 0.0468 e.